The Morgan fingerprint density at radius 3 is 2.35 bits per heavy atom. The molecule has 94 valence electrons. The second-order valence-electron chi connectivity index (χ2n) is 5.11. The molecule has 0 heterocycles. The zero-order chi connectivity index (χ0) is 13.2. The molecule has 0 aliphatic rings. The Kier molecular flexibility index (Phi) is 3.81. The average molecular weight is 236 g/mol. The van der Waals surface area contributed by atoms with Gasteiger partial charge in [0.15, 0.2) is 0 Å². The van der Waals surface area contributed by atoms with Gasteiger partial charge in [-0.15, -0.1) is 0 Å². The SMILES string of the molecule is COc1cc(C)c(CC(C)(C)C(=O)O)cc1C. The zero-order valence-corrected chi connectivity index (χ0v) is 11.1. The number of hydrogen-bond donors (Lipinski definition) is 1. The summed E-state index contributed by atoms with van der Waals surface area (Å²) in [6.45, 7) is 7.44. The minimum Gasteiger partial charge on any atom is -0.496 e. The van der Waals surface area contributed by atoms with E-state index in [2.05, 4.69) is 0 Å². The lowest BCUT2D eigenvalue weighted by Gasteiger charge is -2.21. The first-order valence-corrected chi connectivity index (χ1v) is 5.65. The van der Waals surface area contributed by atoms with Crippen LogP contribution in [-0.4, -0.2) is 18.2 Å². The first-order valence-electron chi connectivity index (χ1n) is 5.65. The quantitative estimate of drug-likeness (QED) is 0.874. The number of aryl methyl sites for hydroxylation is 2. The van der Waals surface area contributed by atoms with E-state index in [0.29, 0.717) is 6.42 Å². The van der Waals surface area contributed by atoms with Crippen LogP contribution >= 0.6 is 0 Å². The predicted octanol–water partition coefficient (Wildman–Crippen LogP) is 2.97. The van der Waals surface area contributed by atoms with Crippen molar-refractivity contribution in [2.24, 2.45) is 5.41 Å². The zero-order valence-electron chi connectivity index (χ0n) is 11.1. The summed E-state index contributed by atoms with van der Waals surface area (Å²) in [4.78, 5) is 11.1. The van der Waals surface area contributed by atoms with Crippen LogP contribution in [0.1, 0.15) is 30.5 Å². The van der Waals surface area contributed by atoms with Crippen molar-refractivity contribution in [3.05, 3.63) is 28.8 Å². The molecule has 0 saturated heterocycles. The highest BCUT2D eigenvalue weighted by Crippen LogP contribution is 2.28. The van der Waals surface area contributed by atoms with Crippen LogP contribution in [0.3, 0.4) is 0 Å². The molecule has 1 aromatic carbocycles. The largest absolute Gasteiger partial charge is 0.496 e. The van der Waals surface area contributed by atoms with Gasteiger partial charge in [-0.3, -0.25) is 4.79 Å². The van der Waals surface area contributed by atoms with Crippen molar-refractivity contribution < 1.29 is 14.6 Å². The van der Waals surface area contributed by atoms with Gasteiger partial charge in [-0.25, -0.2) is 0 Å². The lowest BCUT2D eigenvalue weighted by Crippen LogP contribution is -2.26. The van der Waals surface area contributed by atoms with Crippen molar-refractivity contribution in [3.8, 4) is 5.75 Å². The number of carboxylic acids is 1. The third kappa shape index (κ3) is 2.99. The van der Waals surface area contributed by atoms with Gasteiger partial charge in [-0.2, -0.15) is 0 Å². The molecule has 0 fully saturated rings. The van der Waals surface area contributed by atoms with Gasteiger partial charge < -0.3 is 9.84 Å². The molecule has 0 amide bonds. The molecule has 0 atom stereocenters. The highest BCUT2D eigenvalue weighted by atomic mass is 16.5. The van der Waals surface area contributed by atoms with Gasteiger partial charge >= 0.3 is 5.97 Å². The molecule has 3 heteroatoms. The van der Waals surface area contributed by atoms with Crippen molar-refractivity contribution in [2.45, 2.75) is 34.1 Å². The molecule has 0 saturated carbocycles. The summed E-state index contributed by atoms with van der Waals surface area (Å²) in [5, 5.41) is 9.14. The van der Waals surface area contributed by atoms with Crippen molar-refractivity contribution in [1.82, 2.24) is 0 Å². The van der Waals surface area contributed by atoms with E-state index in [0.717, 1.165) is 22.4 Å². The normalized spacial score (nSPS) is 11.4. The fraction of sp³-hybridized carbons (Fsp3) is 0.500. The molecule has 3 nitrogen and oxygen atoms in total. The third-order valence-corrected chi connectivity index (χ3v) is 3.06. The monoisotopic (exact) mass is 236 g/mol. The van der Waals surface area contributed by atoms with Gasteiger partial charge in [-0.05, 0) is 56.9 Å². The maximum atomic E-state index is 11.1. The summed E-state index contributed by atoms with van der Waals surface area (Å²) in [7, 11) is 1.64. The van der Waals surface area contributed by atoms with Crippen LogP contribution in [0.25, 0.3) is 0 Å². The van der Waals surface area contributed by atoms with Crippen LogP contribution in [0.2, 0.25) is 0 Å². The van der Waals surface area contributed by atoms with Crippen LogP contribution in [0.15, 0.2) is 12.1 Å². The van der Waals surface area contributed by atoms with Crippen molar-refractivity contribution in [1.29, 1.82) is 0 Å². The molecule has 17 heavy (non-hydrogen) atoms. The van der Waals surface area contributed by atoms with E-state index in [-0.39, 0.29) is 0 Å². The molecule has 0 aliphatic carbocycles. The summed E-state index contributed by atoms with van der Waals surface area (Å²) in [5.41, 5.74) is 2.43. The van der Waals surface area contributed by atoms with E-state index in [1.165, 1.54) is 0 Å². The lowest BCUT2D eigenvalue weighted by molar-refractivity contribution is -0.146. The highest BCUT2D eigenvalue weighted by Gasteiger charge is 2.28. The number of aliphatic carboxylic acids is 1. The Hall–Kier alpha value is -1.51. The number of benzene rings is 1. The first-order chi connectivity index (χ1) is 7.77. The fourth-order valence-corrected chi connectivity index (χ4v) is 1.81. The number of hydrogen-bond acceptors (Lipinski definition) is 2. The minimum atomic E-state index is -0.773. The molecule has 0 bridgehead atoms. The summed E-state index contributed by atoms with van der Waals surface area (Å²) in [5.74, 6) is 0.0738. The average Bonchev–Trinajstić information content (AvgIpc) is 2.22. The molecule has 0 radical (unpaired) electrons. The smallest absolute Gasteiger partial charge is 0.309 e. The summed E-state index contributed by atoms with van der Waals surface area (Å²) in [6.07, 6.45) is 0.527. The standard InChI is InChI=1S/C14H20O3/c1-9-7-12(17-5)10(2)6-11(9)8-14(3,4)13(15)16/h6-7H,8H2,1-5H3,(H,15,16). The van der Waals surface area contributed by atoms with Gasteiger partial charge in [0, 0.05) is 0 Å². The summed E-state index contributed by atoms with van der Waals surface area (Å²) >= 11 is 0. The molecule has 0 aromatic heterocycles. The van der Waals surface area contributed by atoms with Gasteiger partial charge in [0.05, 0.1) is 12.5 Å². The van der Waals surface area contributed by atoms with Crippen LogP contribution in [-0.2, 0) is 11.2 Å². The Morgan fingerprint density at radius 2 is 1.88 bits per heavy atom. The minimum absolute atomic E-state index is 0.527. The van der Waals surface area contributed by atoms with E-state index < -0.39 is 11.4 Å². The predicted molar refractivity (Wildman–Crippen MR) is 67.6 cm³/mol. The van der Waals surface area contributed by atoms with E-state index in [9.17, 15) is 4.79 Å². The van der Waals surface area contributed by atoms with Crippen molar-refractivity contribution in [2.75, 3.05) is 7.11 Å². The van der Waals surface area contributed by atoms with E-state index in [1.54, 1.807) is 21.0 Å². The molecular weight excluding hydrogens is 216 g/mol. The highest BCUT2D eigenvalue weighted by molar-refractivity contribution is 5.74. The molecule has 1 aromatic rings. The Morgan fingerprint density at radius 1 is 1.29 bits per heavy atom. The van der Waals surface area contributed by atoms with Gasteiger partial charge in [0.25, 0.3) is 0 Å². The second-order valence-corrected chi connectivity index (χ2v) is 5.11. The maximum absolute atomic E-state index is 11.1. The molecule has 0 unspecified atom stereocenters. The fourth-order valence-electron chi connectivity index (χ4n) is 1.81. The Labute approximate surface area is 102 Å². The molecule has 1 N–H and O–H groups in total. The Bertz CT molecular complexity index is 433. The number of rotatable bonds is 4. The third-order valence-electron chi connectivity index (χ3n) is 3.06. The van der Waals surface area contributed by atoms with Gasteiger partial charge in [0.1, 0.15) is 5.75 Å². The summed E-state index contributed by atoms with van der Waals surface area (Å²) in [6, 6.07) is 3.97. The van der Waals surface area contributed by atoms with E-state index in [4.69, 9.17) is 9.84 Å². The number of carbonyl (C=O) groups is 1. The molecule has 0 aliphatic heterocycles. The van der Waals surface area contributed by atoms with Gasteiger partial charge in [-0.1, -0.05) is 6.07 Å². The van der Waals surface area contributed by atoms with Crippen LogP contribution in [0.4, 0.5) is 0 Å². The van der Waals surface area contributed by atoms with Crippen LogP contribution < -0.4 is 4.74 Å². The Balaban J connectivity index is 3.08. The maximum Gasteiger partial charge on any atom is 0.309 e. The second kappa shape index (κ2) is 4.78. The van der Waals surface area contributed by atoms with Gasteiger partial charge in [0.2, 0.25) is 0 Å². The topological polar surface area (TPSA) is 46.5 Å². The molecular formula is C14H20O3. The van der Waals surface area contributed by atoms with E-state index in [1.807, 2.05) is 26.0 Å². The van der Waals surface area contributed by atoms with Crippen molar-refractivity contribution >= 4 is 5.97 Å². The van der Waals surface area contributed by atoms with Crippen molar-refractivity contribution in [3.63, 3.8) is 0 Å². The first kappa shape index (κ1) is 13.6. The van der Waals surface area contributed by atoms with Crippen LogP contribution in [0.5, 0.6) is 5.75 Å². The molecule has 1 rings (SSSR count). The van der Waals surface area contributed by atoms with E-state index >= 15 is 0 Å². The number of methoxy groups -OCH3 is 1. The summed E-state index contributed by atoms with van der Waals surface area (Å²) < 4.78 is 5.24. The molecule has 0 spiro atoms. The lowest BCUT2D eigenvalue weighted by atomic mass is 9.84. The van der Waals surface area contributed by atoms with Crippen LogP contribution in [0, 0.1) is 19.3 Å². The number of carboxylic acid groups (broad SMARTS) is 1. The number of ether oxygens (including phenoxy) is 1.